The third kappa shape index (κ3) is 23.3. The first-order valence-corrected chi connectivity index (χ1v) is 44.6. The van der Waals surface area contributed by atoms with Crippen LogP contribution in [0.2, 0.25) is 0 Å². The zero-order chi connectivity index (χ0) is 88.0. The summed E-state index contributed by atoms with van der Waals surface area (Å²) in [6.07, 6.45) is 34.4. The highest BCUT2D eigenvalue weighted by Gasteiger charge is 2.52. The average Bonchev–Trinajstić information content (AvgIpc) is 1.61. The predicted octanol–water partition coefficient (Wildman–Crippen LogP) is 15.3. The van der Waals surface area contributed by atoms with Crippen molar-refractivity contribution in [3.8, 4) is 56.4 Å². The Hall–Kier alpha value is -11.9. The van der Waals surface area contributed by atoms with Gasteiger partial charge in [-0.25, -0.2) is 53.5 Å². The predicted molar refractivity (Wildman–Crippen MR) is 489 cm³/mol. The molecule has 4 aliphatic heterocycles. The van der Waals surface area contributed by atoms with Crippen molar-refractivity contribution in [2.75, 3.05) is 39.3 Å². The second-order valence-electron chi connectivity index (χ2n) is 36.6. The molecule has 0 radical (unpaired) electrons. The lowest BCUT2D eigenvalue weighted by molar-refractivity contribution is 0.00578. The van der Waals surface area contributed by atoms with Gasteiger partial charge in [-0.1, -0.05) is 62.0 Å². The van der Waals surface area contributed by atoms with Crippen molar-refractivity contribution in [2.45, 2.75) is 232 Å². The number of hydrogen-bond donors (Lipinski definition) is 1. The Morgan fingerprint density at radius 2 is 0.756 bits per heavy atom. The number of ether oxygens (including phenoxy) is 2. The van der Waals surface area contributed by atoms with E-state index in [1.54, 1.807) is 45.1 Å². The Labute approximate surface area is 748 Å². The molecule has 9 aromatic heterocycles. The highest BCUT2D eigenvalue weighted by molar-refractivity contribution is 9.10. The van der Waals surface area contributed by atoms with Gasteiger partial charge in [0.1, 0.15) is 11.2 Å². The molecule has 30 nitrogen and oxygen atoms in total. The van der Waals surface area contributed by atoms with Crippen molar-refractivity contribution in [3.05, 3.63) is 253 Å². The topological polar surface area (TPSA) is 325 Å². The Kier molecular flexibility index (Phi) is 27.5. The van der Waals surface area contributed by atoms with Gasteiger partial charge in [0, 0.05) is 169 Å². The molecule has 0 unspecified atom stereocenters. The van der Waals surface area contributed by atoms with Crippen LogP contribution < -0.4 is 27.5 Å². The maximum Gasteiger partial charge on any atom is 0.498 e. The number of nitrogens with one attached hydrogen (secondary N) is 1. The fourth-order valence-electron chi connectivity index (χ4n) is 15.6. The van der Waals surface area contributed by atoms with Crippen LogP contribution in [0.3, 0.4) is 0 Å². The number of hydrogen-bond acceptors (Lipinski definition) is 22. The fourth-order valence-corrected chi connectivity index (χ4v) is 15.8. The van der Waals surface area contributed by atoms with E-state index in [1.165, 1.54) is 22.2 Å². The van der Waals surface area contributed by atoms with Crippen molar-refractivity contribution >= 4 is 40.7 Å². The number of rotatable bonds is 18. The molecule has 0 spiro atoms. The van der Waals surface area contributed by atoms with Gasteiger partial charge < -0.3 is 33.9 Å². The summed E-state index contributed by atoms with van der Waals surface area (Å²) in [6, 6.07) is 35.2. The fraction of sp³-hybridized carbons (Fsp3) is 0.442. The third-order valence-electron chi connectivity index (χ3n) is 23.8. The van der Waals surface area contributed by atoms with E-state index in [2.05, 4.69) is 92.6 Å². The standard InChI is InChI=1S/C31H35N7O3.C26H27N7O.C19H32BN3O4.C18H15BrN4O.CH4/c1-31(2,3)41-30(40)36-13-11-26(12-14-36)37-20-25(18-34-37)24-16-32-29(33-17-24)23-6-4-5-21(15-23)19-38-28(39)10-9-27(35-38)22-7-8-22;34-25-7-6-24(19-4-5-19)31-33(25)16-18-2-1-3-20(12-18)26-28-13-21(14-29-26)22-15-30-32(17-22)23-8-10-27-11-9-23;1-17(2,3)25-16(24)22-10-8-15(9-11-22)23-13-14(12-21-23)20-26-18(4,5)19(6,7)27-20;19-15-9-20-18(21-10-15)14-3-1-2-12(8-14)11-23-17(24)7-6-16(22-23)13-4-5-13;/h4-6,9-10,15-18,20,22,26H,7-8,11-14,19H2,1-3H3;1-3,6-7,12-15,17,19,23,27H,4-5,8-11,16H2;12-13,15H,8-11H2,1-7H3;1-3,6-10,13H,4-5,11H2;1H4. The number of piperidine rings is 3. The van der Waals surface area contributed by atoms with Crippen molar-refractivity contribution in [2.24, 2.45) is 0 Å². The van der Waals surface area contributed by atoms with Crippen molar-refractivity contribution in [1.82, 2.24) is 104 Å². The molecule has 3 saturated carbocycles. The van der Waals surface area contributed by atoms with Crippen LogP contribution in [-0.2, 0) is 38.4 Å². The molecule has 4 saturated heterocycles. The SMILES string of the molecule is C.CC(C)(C)OC(=O)N1CCC(n2cc(-c3cnc(-c4cccc(Cn5nc(C6CC6)ccc5=O)c4)nc3)cn2)CC1.CC(C)(C)OC(=O)N1CCC(n2cc(B3OC(C)(C)C(C)(C)O3)cn2)CC1.O=c1ccc(C2CC2)nn1Cc1cccc(-c2ncc(-c3cnn(C4CCNCC4)c3)cn2)c1.O=c1ccc(C2CC2)nn1Cc1cccc(-c2ncc(Br)cn2)c1. The van der Waals surface area contributed by atoms with Gasteiger partial charge in [0.25, 0.3) is 16.7 Å². The monoisotopic (exact) mass is 1780 g/mol. The van der Waals surface area contributed by atoms with Crippen molar-refractivity contribution < 1.29 is 28.4 Å². The van der Waals surface area contributed by atoms with Crippen LogP contribution in [0.15, 0.2) is 202 Å². The van der Waals surface area contributed by atoms with Crippen LogP contribution in [-0.4, -0.2) is 179 Å². The molecule has 2 amide bonds. The van der Waals surface area contributed by atoms with Crippen LogP contribution in [0.4, 0.5) is 9.59 Å². The van der Waals surface area contributed by atoms with E-state index in [-0.39, 0.29) is 59.6 Å². The lowest BCUT2D eigenvalue weighted by atomic mass is 9.82. The zero-order valence-corrected chi connectivity index (χ0v) is 74.8. The van der Waals surface area contributed by atoms with Crippen LogP contribution in [0.5, 0.6) is 0 Å². The molecule has 12 aromatic rings. The largest absolute Gasteiger partial charge is 0.498 e. The minimum atomic E-state index is -0.495. The summed E-state index contributed by atoms with van der Waals surface area (Å²) in [5.41, 5.74) is 11.5. The number of halogens is 1. The summed E-state index contributed by atoms with van der Waals surface area (Å²) in [5.74, 6) is 3.46. The number of amides is 2. The molecule has 127 heavy (non-hydrogen) atoms. The van der Waals surface area contributed by atoms with Gasteiger partial charge in [-0.05, 0) is 228 Å². The highest BCUT2D eigenvalue weighted by Crippen LogP contribution is 2.41. The normalized spacial score (nSPS) is 17.1. The van der Waals surface area contributed by atoms with Gasteiger partial charge >= 0.3 is 19.3 Å². The highest BCUT2D eigenvalue weighted by atomic mass is 79.9. The molecule has 13 heterocycles. The summed E-state index contributed by atoms with van der Waals surface area (Å²) < 4.78 is 34.7. The number of benzene rings is 3. The van der Waals surface area contributed by atoms with E-state index in [1.807, 2.05) is 225 Å². The molecule has 0 atom stereocenters. The van der Waals surface area contributed by atoms with E-state index in [4.69, 9.17) is 18.8 Å². The summed E-state index contributed by atoms with van der Waals surface area (Å²) in [7, 11) is -0.398. The molecular formula is C95H113BBrN21O9. The Balaban J connectivity index is 0.000000133. The molecule has 662 valence electrons. The molecule has 3 aliphatic carbocycles. The first kappa shape index (κ1) is 89.9. The van der Waals surface area contributed by atoms with Crippen LogP contribution >= 0.6 is 15.9 Å². The van der Waals surface area contributed by atoms with E-state index < -0.39 is 18.3 Å². The van der Waals surface area contributed by atoms with Crippen molar-refractivity contribution in [3.63, 3.8) is 0 Å². The minimum Gasteiger partial charge on any atom is -0.444 e. The summed E-state index contributed by atoms with van der Waals surface area (Å²) in [4.78, 5) is 92.0. The number of nitrogens with zero attached hydrogens (tertiary/aromatic N) is 20. The Morgan fingerprint density at radius 3 is 1.10 bits per heavy atom. The van der Waals surface area contributed by atoms with Crippen LogP contribution in [0.25, 0.3) is 56.4 Å². The van der Waals surface area contributed by atoms with Crippen molar-refractivity contribution in [1.29, 1.82) is 0 Å². The van der Waals surface area contributed by atoms with E-state index in [0.717, 1.165) is 160 Å². The van der Waals surface area contributed by atoms with E-state index in [9.17, 15) is 24.0 Å². The van der Waals surface area contributed by atoms with Gasteiger partial charge in [-0.3, -0.25) is 28.4 Å². The smallest absolute Gasteiger partial charge is 0.444 e. The lowest BCUT2D eigenvalue weighted by Gasteiger charge is -2.33. The van der Waals surface area contributed by atoms with E-state index in [0.29, 0.717) is 87.1 Å². The van der Waals surface area contributed by atoms with Gasteiger partial charge in [0.15, 0.2) is 17.5 Å². The quantitative estimate of drug-likeness (QED) is 0.0780. The Bertz CT molecular complexity index is 5970. The van der Waals surface area contributed by atoms with E-state index >= 15 is 0 Å². The summed E-state index contributed by atoms with van der Waals surface area (Å²) in [5, 5.41) is 30.8. The van der Waals surface area contributed by atoms with Gasteiger partial charge in [-0.15, -0.1) is 0 Å². The maximum absolute atomic E-state index is 12.4. The molecule has 7 aliphatic rings. The zero-order valence-electron chi connectivity index (χ0n) is 73.2. The lowest BCUT2D eigenvalue weighted by Crippen LogP contribution is -2.42. The molecule has 0 bridgehead atoms. The summed E-state index contributed by atoms with van der Waals surface area (Å²) in [6.45, 7) is 25.5. The first-order valence-electron chi connectivity index (χ1n) is 43.8. The number of likely N-dealkylation sites (tertiary alicyclic amines) is 2. The number of carbonyl (C=O) groups is 2. The second-order valence-corrected chi connectivity index (χ2v) is 37.6. The molecule has 1 N–H and O–H groups in total. The number of aromatic nitrogens is 18. The molecular weight excluding hydrogens is 1670 g/mol. The Morgan fingerprint density at radius 1 is 0.425 bits per heavy atom. The minimum absolute atomic E-state index is 0. The first-order chi connectivity index (χ1) is 60.5. The average molecular weight is 1780 g/mol. The maximum atomic E-state index is 12.4. The van der Waals surface area contributed by atoms with Gasteiger partial charge in [0.2, 0.25) is 0 Å². The van der Waals surface area contributed by atoms with Gasteiger partial charge in [-0.2, -0.15) is 30.6 Å². The van der Waals surface area contributed by atoms with Crippen LogP contribution in [0, 0.1) is 0 Å². The molecule has 32 heteroatoms. The second kappa shape index (κ2) is 38.8. The van der Waals surface area contributed by atoms with Crippen LogP contribution in [0.1, 0.15) is 223 Å². The molecule has 7 fully saturated rings. The summed E-state index contributed by atoms with van der Waals surface area (Å²) >= 11 is 3.34. The van der Waals surface area contributed by atoms with Gasteiger partial charge in [0.05, 0.1) is 82.9 Å². The molecule has 19 rings (SSSR count). The number of carbonyl (C=O) groups excluding carboxylic acids is 2. The third-order valence-corrected chi connectivity index (χ3v) is 24.2. The molecule has 3 aromatic carbocycles.